The molecule has 0 atom stereocenters. The van der Waals surface area contributed by atoms with E-state index in [0.29, 0.717) is 0 Å². The molecule has 0 spiro atoms. The van der Waals surface area contributed by atoms with Crippen LogP contribution in [0.15, 0.2) is 36.4 Å². The predicted molar refractivity (Wildman–Crippen MR) is 87.1 cm³/mol. The van der Waals surface area contributed by atoms with Crippen LogP contribution >= 0.6 is 0 Å². The van der Waals surface area contributed by atoms with Gasteiger partial charge in [0.15, 0.2) is 0 Å². The van der Waals surface area contributed by atoms with E-state index in [9.17, 15) is 0 Å². The van der Waals surface area contributed by atoms with Crippen LogP contribution in [-0.4, -0.2) is 29.6 Å². The van der Waals surface area contributed by atoms with Crippen molar-refractivity contribution in [3.8, 4) is 0 Å². The van der Waals surface area contributed by atoms with Crippen molar-refractivity contribution in [3.05, 3.63) is 47.5 Å². The molecule has 19 heavy (non-hydrogen) atoms. The molecule has 0 aromatic heterocycles. The number of rotatable bonds is 0. The molecule has 0 fully saturated rings. The molecule has 1 radical (unpaired) electrons. The van der Waals surface area contributed by atoms with Crippen LogP contribution in [-0.2, 0) is 10.8 Å². The average molecular weight is 263 g/mol. The third-order valence-corrected chi connectivity index (χ3v) is 3.49. The Morgan fingerprint density at radius 1 is 0.684 bits per heavy atom. The molecule has 0 N–H and O–H groups in total. The third kappa shape index (κ3) is 3.42. The first-order valence-electron chi connectivity index (χ1n) is 6.74. The van der Waals surface area contributed by atoms with Crippen molar-refractivity contribution < 1.29 is 0 Å². The molecule has 0 unspecified atom stereocenters. The average Bonchev–Trinajstić information content (AvgIpc) is 2.24. The summed E-state index contributed by atoms with van der Waals surface area (Å²) in [6, 6.07) is 13.3. The Kier molecular flexibility index (Phi) is 4.93. The molecule has 2 aromatic carbocycles. The number of fused-ring (bicyclic) bond motifs is 1. The summed E-state index contributed by atoms with van der Waals surface area (Å²) < 4.78 is 0. The van der Waals surface area contributed by atoms with Gasteiger partial charge in [0.2, 0.25) is 0 Å². The normalized spacial score (nSPS) is 12.3. The molecular formula is C18H24Na. The molecule has 0 saturated heterocycles. The van der Waals surface area contributed by atoms with Crippen molar-refractivity contribution in [1.29, 1.82) is 0 Å². The van der Waals surface area contributed by atoms with Gasteiger partial charge in [0.05, 0.1) is 0 Å². The van der Waals surface area contributed by atoms with E-state index in [2.05, 4.69) is 77.9 Å². The van der Waals surface area contributed by atoms with E-state index in [1.807, 2.05) is 0 Å². The monoisotopic (exact) mass is 263 g/mol. The molecule has 0 nitrogen and oxygen atoms in total. The van der Waals surface area contributed by atoms with E-state index in [-0.39, 0.29) is 40.4 Å². The van der Waals surface area contributed by atoms with Gasteiger partial charge in [-0.3, -0.25) is 0 Å². The van der Waals surface area contributed by atoms with Gasteiger partial charge in [-0.05, 0) is 32.7 Å². The summed E-state index contributed by atoms with van der Waals surface area (Å²) in [6.07, 6.45) is 0. The van der Waals surface area contributed by atoms with E-state index in [1.54, 1.807) is 0 Å². The molecule has 0 bridgehead atoms. The van der Waals surface area contributed by atoms with Crippen molar-refractivity contribution in [1.82, 2.24) is 0 Å². The maximum absolute atomic E-state index is 2.31. The zero-order chi connectivity index (χ0) is 13.6. The van der Waals surface area contributed by atoms with Gasteiger partial charge in [0, 0.05) is 29.6 Å². The Morgan fingerprint density at radius 3 is 1.79 bits per heavy atom. The Balaban J connectivity index is 0.00000180. The van der Waals surface area contributed by atoms with Gasteiger partial charge < -0.3 is 0 Å². The molecule has 0 heterocycles. The zero-order valence-electron chi connectivity index (χ0n) is 13.5. The number of benzene rings is 2. The van der Waals surface area contributed by atoms with Crippen LogP contribution in [0.4, 0.5) is 0 Å². The maximum atomic E-state index is 2.31. The molecule has 0 saturated carbocycles. The second-order valence-corrected chi connectivity index (χ2v) is 7.21. The summed E-state index contributed by atoms with van der Waals surface area (Å²) in [5.41, 5.74) is 3.32. The van der Waals surface area contributed by atoms with E-state index in [0.717, 1.165) is 0 Å². The summed E-state index contributed by atoms with van der Waals surface area (Å²) in [5.74, 6) is 0. The molecule has 2 rings (SSSR count). The Hall–Kier alpha value is -0.300. The van der Waals surface area contributed by atoms with E-state index in [4.69, 9.17) is 0 Å². The standard InChI is InChI=1S/C18H24.Na/c1-17(2,3)15-12-11-13-9-7-8-10-14(13)16(15)18(4,5)6;/h7-12H,1-6H3;. The van der Waals surface area contributed by atoms with Crippen LogP contribution in [0.5, 0.6) is 0 Å². The minimum atomic E-state index is 0. The molecule has 1 heteroatoms. The SMILES string of the molecule is CC(C)(C)c1ccc2ccccc2c1C(C)(C)C.[Na]. The van der Waals surface area contributed by atoms with Crippen molar-refractivity contribution in [3.63, 3.8) is 0 Å². The van der Waals surface area contributed by atoms with Crippen LogP contribution in [0.25, 0.3) is 10.8 Å². The molecule has 0 aliphatic carbocycles. The molecular weight excluding hydrogens is 239 g/mol. The van der Waals surface area contributed by atoms with Crippen LogP contribution in [0, 0.1) is 0 Å². The van der Waals surface area contributed by atoms with Gasteiger partial charge in [-0.25, -0.2) is 0 Å². The smallest absolute Gasteiger partial charge is 0 e. The summed E-state index contributed by atoms with van der Waals surface area (Å²) in [7, 11) is 0. The van der Waals surface area contributed by atoms with Crippen LogP contribution in [0.1, 0.15) is 52.7 Å². The van der Waals surface area contributed by atoms with Crippen LogP contribution in [0.2, 0.25) is 0 Å². The van der Waals surface area contributed by atoms with Gasteiger partial charge in [-0.1, -0.05) is 77.9 Å². The molecule has 0 aliphatic heterocycles. The molecule has 0 amide bonds. The largest absolute Gasteiger partial charge is 0.0616 e. The topological polar surface area (TPSA) is 0 Å². The quantitative estimate of drug-likeness (QED) is 0.583. The van der Waals surface area contributed by atoms with Crippen LogP contribution < -0.4 is 0 Å². The Labute approximate surface area is 139 Å². The van der Waals surface area contributed by atoms with E-state index >= 15 is 0 Å². The minimum Gasteiger partial charge on any atom is -0.0616 e. The van der Waals surface area contributed by atoms with Crippen molar-refractivity contribution in [2.75, 3.05) is 0 Å². The summed E-state index contributed by atoms with van der Waals surface area (Å²) >= 11 is 0. The number of hydrogen-bond acceptors (Lipinski definition) is 0. The Bertz CT molecular complexity index is 568. The van der Waals surface area contributed by atoms with E-state index < -0.39 is 0 Å². The van der Waals surface area contributed by atoms with Gasteiger partial charge >= 0.3 is 0 Å². The second kappa shape index (κ2) is 5.60. The van der Waals surface area contributed by atoms with Gasteiger partial charge in [0.1, 0.15) is 0 Å². The zero-order valence-corrected chi connectivity index (χ0v) is 15.5. The van der Waals surface area contributed by atoms with Gasteiger partial charge in [0.25, 0.3) is 0 Å². The first-order valence-corrected chi connectivity index (χ1v) is 6.74. The fourth-order valence-electron chi connectivity index (χ4n) is 2.70. The van der Waals surface area contributed by atoms with Crippen molar-refractivity contribution in [2.24, 2.45) is 0 Å². The fraction of sp³-hybridized carbons (Fsp3) is 0.444. The molecule has 97 valence electrons. The summed E-state index contributed by atoms with van der Waals surface area (Å²) in [4.78, 5) is 0. The summed E-state index contributed by atoms with van der Waals surface area (Å²) in [5, 5.41) is 2.74. The maximum Gasteiger partial charge on any atom is 0 e. The van der Waals surface area contributed by atoms with Crippen LogP contribution in [0.3, 0.4) is 0 Å². The molecule has 0 aliphatic rings. The first kappa shape index (κ1) is 16.8. The Morgan fingerprint density at radius 2 is 1.26 bits per heavy atom. The second-order valence-electron chi connectivity index (χ2n) is 7.21. The number of hydrogen-bond donors (Lipinski definition) is 0. The van der Waals surface area contributed by atoms with Crippen molar-refractivity contribution in [2.45, 2.75) is 52.4 Å². The third-order valence-electron chi connectivity index (χ3n) is 3.49. The van der Waals surface area contributed by atoms with E-state index in [1.165, 1.54) is 21.9 Å². The summed E-state index contributed by atoms with van der Waals surface area (Å²) in [6.45, 7) is 13.8. The minimum absolute atomic E-state index is 0. The van der Waals surface area contributed by atoms with Crippen molar-refractivity contribution >= 4 is 40.3 Å². The van der Waals surface area contributed by atoms with Gasteiger partial charge in [-0.15, -0.1) is 0 Å². The fourth-order valence-corrected chi connectivity index (χ4v) is 2.70. The predicted octanol–water partition coefficient (Wildman–Crippen LogP) is 5.05. The molecule has 2 aromatic rings. The first-order chi connectivity index (χ1) is 8.21. The van der Waals surface area contributed by atoms with Gasteiger partial charge in [-0.2, -0.15) is 0 Å².